The van der Waals surface area contributed by atoms with E-state index >= 15 is 8.96 Å². The van der Waals surface area contributed by atoms with Crippen molar-refractivity contribution in [3.05, 3.63) is 35.9 Å². The fourth-order valence-electron chi connectivity index (χ4n) is 3.91. The lowest BCUT2D eigenvalue weighted by Gasteiger charge is -2.43. The van der Waals surface area contributed by atoms with Crippen LogP contribution in [0.2, 0.25) is 0 Å². The van der Waals surface area contributed by atoms with Crippen molar-refractivity contribution in [2.45, 2.75) is 86.3 Å². The largest absolute Gasteiger partial charge is 0.460 e. The van der Waals surface area contributed by atoms with Crippen molar-refractivity contribution in [2.75, 3.05) is 6.54 Å². The fourth-order valence-corrected chi connectivity index (χ4v) is 3.91. The molecule has 1 aromatic carbocycles. The molecule has 0 heterocycles. The van der Waals surface area contributed by atoms with Crippen LogP contribution in [0.15, 0.2) is 30.3 Å². The summed E-state index contributed by atoms with van der Waals surface area (Å²) in [5.74, 6) is -57.8. The zero-order valence-electron chi connectivity index (χ0n) is 20.3. The van der Waals surface area contributed by atoms with E-state index in [-0.39, 0.29) is 5.56 Å². The van der Waals surface area contributed by atoms with E-state index in [0.29, 0.717) is 0 Å². The third-order valence-corrected chi connectivity index (χ3v) is 6.60. The molecule has 0 aliphatic heterocycles. The topological polar surface area (TPSA) is 0 Å². The van der Waals surface area contributed by atoms with Gasteiger partial charge in [0.2, 0.25) is 0 Å². The Hall–Kier alpha value is -2.15. The number of rotatable bonds is 13. The van der Waals surface area contributed by atoms with E-state index in [0.717, 1.165) is 26.0 Å². The highest BCUT2D eigenvalue weighted by Gasteiger charge is 2.95. The number of halogens is 19. The van der Waals surface area contributed by atoms with Gasteiger partial charge in [-0.25, -0.2) is 0 Å². The molecule has 0 aliphatic rings. The molecule has 0 saturated carbocycles. The van der Waals surface area contributed by atoms with Crippen LogP contribution in [0.4, 0.5) is 83.6 Å². The highest BCUT2D eigenvalue weighted by atomic mass is 19.4. The minimum Gasteiger partial charge on any atom is -0.199 e. The molecule has 0 aromatic heterocycles. The number of quaternary nitrogens is 1. The van der Waals surface area contributed by atoms with Crippen LogP contribution in [0, 0.1) is 0 Å². The fraction of sp³-hybridized carbons (Fsp3) is 0.714. The molecular formula is C21H19F19N+. The van der Waals surface area contributed by atoms with Crippen molar-refractivity contribution < 1.29 is 88.5 Å². The summed E-state index contributed by atoms with van der Waals surface area (Å²) in [7, 11) is 0. The maximum atomic E-state index is 15.1. The number of nitrogens with zero attached hydrogens (tertiary/aromatic N) is 1. The maximum Gasteiger partial charge on any atom is 0.460 e. The summed E-state index contributed by atoms with van der Waals surface area (Å²) in [5, 5.41) is 0. The molecule has 0 fully saturated rings. The molecule has 0 unspecified atom stereocenters. The van der Waals surface area contributed by atoms with Crippen LogP contribution in [0.3, 0.4) is 0 Å². The van der Waals surface area contributed by atoms with Gasteiger partial charge in [0.05, 0.1) is 11.3 Å². The molecule has 0 atom stereocenters. The van der Waals surface area contributed by atoms with Crippen molar-refractivity contribution >= 4 is 0 Å². The molecular weight excluding hydrogens is 627 g/mol. The third-order valence-electron chi connectivity index (χ3n) is 6.60. The van der Waals surface area contributed by atoms with Gasteiger partial charge in [0.1, 0.15) is 0 Å². The molecule has 0 amide bonds. The zero-order chi connectivity index (χ0) is 32.9. The lowest BCUT2D eigenvalue weighted by atomic mass is 9.83. The summed E-state index contributed by atoms with van der Waals surface area (Å²) >= 11 is 0. The van der Waals surface area contributed by atoms with Crippen LogP contribution in [-0.2, 0) is 5.54 Å². The lowest BCUT2D eigenvalue weighted by Crippen LogP contribution is -2.74. The summed E-state index contributed by atoms with van der Waals surface area (Å²) in [4.78, 5) is -3.72. The SMILES string of the molecule is CCC(CC)(c1ccccc1)[N+](F)(F)CCC(F)(F)C(F)(F)C(F)(F)C(F)(F)C(F)(F)C(F)(F)C(F)(F)C(F)(F)F. The maximum absolute atomic E-state index is 15.1. The van der Waals surface area contributed by atoms with Gasteiger partial charge >= 0.3 is 47.6 Å². The summed E-state index contributed by atoms with van der Waals surface area (Å²) in [6.07, 6.45) is -12.4. The summed E-state index contributed by atoms with van der Waals surface area (Å²) in [6.45, 7) is -0.467. The second-order valence-corrected chi connectivity index (χ2v) is 8.86. The van der Waals surface area contributed by atoms with E-state index < -0.39 is 83.9 Å². The first-order valence-electron chi connectivity index (χ1n) is 11.0. The van der Waals surface area contributed by atoms with Crippen LogP contribution in [0.25, 0.3) is 0 Å². The molecule has 0 radical (unpaired) electrons. The van der Waals surface area contributed by atoms with Crippen LogP contribution in [0.1, 0.15) is 38.7 Å². The quantitative estimate of drug-likeness (QED) is 0.148. The highest BCUT2D eigenvalue weighted by Crippen LogP contribution is 2.64. The zero-order valence-corrected chi connectivity index (χ0v) is 20.3. The van der Waals surface area contributed by atoms with Crippen LogP contribution >= 0.6 is 0 Å². The van der Waals surface area contributed by atoms with Crippen LogP contribution in [-0.4, -0.2) is 59.1 Å². The van der Waals surface area contributed by atoms with E-state index in [1.54, 1.807) is 0 Å². The average Bonchev–Trinajstić information content (AvgIpc) is 2.83. The molecule has 0 aliphatic carbocycles. The number of hydrogen-bond donors (Lipinski definition) is 0. The highest BCUT2D eigenvalue weighted by molar-refractivity contribution is 5.22. The molecule has 1 aromatic rings. The molecule has 240 valence electrons. The van der Waals surface area contributed by atoms with Crippen molar-refractivity contribution in [1.82, 2.24) is 0 Å². The van der Waals surface area contributed by atoms with Crippen molar-refractivity contribution in [3.8, 4) is 0 Å². The van der Waals surface area contributed by atoms with Crippen molar-refractivity contribution in [1.29, 1.82) is 0 Å². The smallest absolute Gasteiger partial charge is 0.199 e. The van der Waals surface area contributed by atoms with Crippen molar-refractivity contribution in [3.63, 3.8) is 0 Å². The predicted molar refractivity (Wildman–Crippen MR) is 101 cm³/mol. The summed E-state index contributed by atoms with van der Waals surface area (Å²) in [5.41, 5.74) is -2.84. The normalized spacial score (nSPS) is 15.8. The van der Waals surface area contributed by atoms with Gasteiger partial charge in [0.25, 0.3) is 0 Å². The molecule has 0 N–H and O–H groups in total. The van der Waals surface area contributed by atoms with Gasteiger partial charge in [-0.1, -0.05) is 44.2 Å². The van der Waals surface area contributed by atoms with E-state index in [2.05, 4.69) is 0 Å². The summed E-state index contributed by atoms with van der Waals surface area (Å²) in [6, 6.07) is 5.73. The Morgan fingerprint density at radius 1 is 0.512 bits per heavy atom. The third kappa shape index (κ3) is 5.19. The molecule has 1 rings (SSSR count). The molecule has 1 nitrogen and oxygen atoms in total. The first-order chi connectivity index (χ1) is 17.9. The Bertz CT molecular complexity index is 1020. The van der Waals surface area contributed by atoms with Crippen LogP contribution < -0.4 is 0 Å². The Balaban J connectivity index is 3.56. The van der Waals surface area contributed by atoms with Gasteiger partial charge in [-0.15, -0.1) is 0 Å². The van der Waals surface area contributed by atoms with Gasteiger partial charge < -0.3 is 0 Å². The van der Waals surface area contributed by atoms with E-state index in [9.17, 15) is 74.6 Å². The Morgan fingerprint density at radius 3 is 1.20 bits per heavy atom. The second-order valence-electron chi connectivity index (χ2n) is 8.86. The minimum atomic E-state index is -8.77. The lowest BCUT2D eigenvalue weighted by molar-refractivity contribution is -1.21. The van der Waals surface area contributed by atoms with Crippen molar-refractivity contribution in [2.24, 2.45) is 0 Å². The molecule has 41 heavy (non-hydrogen) atoms. The van der Waals surface area contributed by atoms with Gasteiger partial charge in [-0.05, 0) is 0 Å². The number of hydrogen-bond acceptors (Lipinski definition) is 0. The van der Waals surface area contributed by atoms with Crippen LogP contribution in [0.5, 0.6) is 0 Å². The Labute approximate surface area is 218 Å². The van der Waals surface area contributed by atoms with E-state index in [1.807, 2.05) is 0 Å². The molecule has 0 spiro atoms. The number of benzene rings is 1. The predicted octanol–water partition coefficient (Wildman–Crippen LogP) is 9.69. The first kappa shape index (κ1) is 36.9. The van der Waals surface area contributed by atoms with E-state index in [1.165, 1.54) is 18.2 Å². The number of alkyl halides is 17. The first-order valence-corrected chi connectivity index (χ1v) is 11.0. The standard InChI is InChI=1S/C21H19F19N/c1-3-13(4-2,12-8-6-5-7-9-12)41(39,40)11-10-14(22,23)15(24,25)16(26,27)17(28,29)18(30,31)19(32,33)20(34,35)21(36,37)38/h5-9H,3-4,10-11H2,1-2H3/q+1. The van der Waals surface area contributed by atoms with Gasteiger partial charge in [-0.3, -0.25) is 0 Å². The van der Waals surface area contributed by atoms with Gasteiger partial charge in [0.15, 0.2) is 12.1 Å². The minimum absolute atomic E-state index is 0.311. The Kier molecular flexibility index (Phi) is 9.47. The molecule has 0 bridgehead atoms. The molecule has 20 heteroatoms. The van der Waals surface area contributed by atoms with E-state index in [4.69, 9.17) is 0 Å². The molecule has 0 saturated heterocycles. The van der Waals surface area contributed by atoms with Gasteiger partial charge in [-0.2, -0.15) is 74.6 Å². The van der Waals surface area contributed by atoms with Gasteiger partial charge in [0, 0.05) is 27.4 Å². The second kappa shape index (κ2) is 10.5. The average molecular weight is 646 g/mol. The Morgan fingerprint density at radius 2 is 0.854 bits per heavy atom. The monoisotopic (exact) mass is 646 g/mol. The summed E-state index contributed by atoms with van der Waals surface area (Å²) < 4.78 is 258.